The zero-order valence-corrected chi connectivity index (χ0v) is 7.37. The van der Waals surface area contributed by atoms with Crippen LogP contribution in [0, 0.1) is 23.1 Å². The summed E-state index contributed by atoms with van der Waals surface area (Å²) in [5.41, 5.74) is 0.0226. The lowest BCUT2D eigenvalue weighted by Gasteiger charge is -2.47. The van der Waals surface area contributed by atoms with E-state index in [1.54, 1.807) is 0 Å². The van der Waals surface area contributed by atoms with Crippen LogP contribution in [0.4, 0.5) is 0 Å². The van der Waals surface area contributed by atoms with Crippen molar-refractivity contribution < 1.29 is 0 Å². The molecule has 4 rings (SSSR count). The van der Waals surface area contributed by atoms with E-state index in [0.29, 0.717) is 0 Å². The first kappa shape index (κ1) is 6.88. The molecule has 0 saturated heterocycles. The molecule has 0 aromatic heterocycles. The Balaban J connectivity index is 1.97. The molecule has 2 heteroatoms. The van der Waals surface area contributed by atoms with Crippen molar-refractivity contribution in [2.45, 2.75) is 44.1 Å². The van der Waals surface area contributed by atoms with Crippen molar-refractivity contribution >= 4 is 0 Å². The lowest BCUT2D eigenvalue weighted by atomic mass is 9.53. The number of diazo groups is 1. The molecule has 0 aliphatic heterocycles. The summed E-state index contributed by atoms with van der Waals surface area (Å²) in [4.78, 5) is 3.68. The number of rotatable bonds is 0. The minimum absolute atomic E-state index is 0.0226. The molecule has 4 aliphatic rings. The highest BCUT2D eigenvalue weighted by atomic mass is 15.0. The van der Waals surface area contributed by atoms with Gasteiger partial charge in [-0.1, -0.05) is 0 Å². The molecular formula is C10H15N2+. The maximum absolute atomic E-state index is 9.06. The summed E-state index contributed by atoms with van der Waals surface area (Å²) in [6.07, 6.45) is 7.80. The van der Waals surface area contributed by atoms with Crippen LogP contribution in [-0.4, -0.2) is 5.54 Å². The molecule has 4 saturated carbocycles. The maximum atomic E-state index is 9.06. The molecular weight excluding hydrogens is 148 g/mol. The van der Waals surface area contributed by atoms with E-state index in [0.717, 1.165) is 17.8 Å². The third-order valence-electron chi connectivity index (χ3n) is 4.22. The quantitative estimate of drug-likeness (QED) is 0.505. The van der Waals surface area contributed by atoms with Gasteiger partial charge in [-0.15, -0.1) is 0 Å². The van der Waals surface area contributed by atoms with Crippen LogP contribution in [0.5, 0.6) is 0 Å². The summed E-state index contributed by atoms with van der Waals surface area (Å²) in [6, 6.07) is 0. The minimum Gasteiger partial charge on any atom is -0.0470 e. The largest absolute Gasteiger partial charge is 0.323 e. The van der Waals surface area contributed by atoms with Crippen molar-refractivity contribution in [2.75, 3.05) is 0 Å². The Hall–Kier alpha value is -0.580. The van der Waals surface area contributed by atoms with Crippen LogP contribution < -0.4 is 0 Å². The monoisotopic (exact) mass is 163 g/mol. The molecule has 4 fully saturated rings. The van der Waals surface area contributed by atoms with Crippen LogP contribution >= 0.6 is 0 Å². The van der Waals surface area contributed by atoms with E-state index in [1.165, 1.54) is 38.5 Å². The lowest BCUT2D eigenvalue weighted by Crippen LogP contribution is -2.48. The molecule has 0 heterocycles. The molecule has 0 N–H and O–H groups in total. The zero-order chi connectivity index (χ0) is 8.18. The molecule has 4 aliphatic carbocycles. The van der Waals surface area contributed by atoms with Gasteiger partial charge in [0.15, 0.2) is 0 Å². The Morgan fingerprint density at radius 2 is 1.33 bits per heavy atom. The van der Waals surface area contributed by atoms with E-state index in [4.69, 9.17) is 5.39 Å². The first-order valence-electron chi connectivity index (χ1n) is 5.16. The van der Waals surface area contributed by atoms with Gasteiger partial charge in [-0.2, -0.15) is 0 Å². The van der Waals surface area contributed by atoms with Crippen LogP contribution in [0.15, 0.2) is 0 Å². The fourth-order valence-corrected chi connectivity index (χ4v) is 4.19. The Morgan fingerprint density at radius 3 is 1.67 bits per heavy atom. The molecule has 64 valence electrons. The van der Waals surface area contributed by atoms with Crippen LogP contribution in [0.2, 0.25) is 0 Å². The highest BCUT2D eigenvalue weighted by Crippen LogP contribution is 2.57. The summed E-state index contributed by atoms with van der Waals surface area (Å²) >= 11 is 0. The molecule has 0 atom stereocenters. The molecule has 4 bridgehead atoms. The van der Waals surface area contributed by atoms with Crippen molar-refractivity contribution in [3.8, 4) is 0 Å². The van der Waals surface area contributed by atoms with Gasteiger partial charge in [0.05, 0.1) is 0 Å². The number of nitrogens with zero attached hydrogens (tertiary/aromatic N) is 2. The predicted octanol–water partition coefficient (Wildman–Crippen LogP) is 2.81. The van der Waals surface area contributed by atoms with Gasteiger partial charge in [0, 0.05) is 19.3 Å². The Morgan fingerprint density at radius 1 is 0.917 bits per heavy atom. The topological polar surface area (TPSA) is 28.1 Å². The van der Waals surface area contributed by atoms with Gasteiger partial charge >= 0.3 is 5.54 Å². The first-order valence-corrected chi connectivity index (χ1v) is 5.16. The Kier molecular flexibility index (Phi) is 1.16. The molecule has 0 aromatic carbocycles. The molecule has 12 heavy (non-hydrogen) atoms. The fourth-order valence-electron chi connectivity index (χ4n) is 4.19. The molecule has 0 unspecified atom stereocenters. The van der Waals surface area contributed by atoms with E-state index >= 15 is 0 Å². The molecule has 0 amide bonds. The van der Waals surface area contributed by atoms with Gasteiger partial charge in [-0.3, -0.25) is 0 Å². The van der Waals surface area contributed by atoms with Crippen molar-refractivity contribution in [1.29, 1.82) is 5.39 Å². The van der Waals surface area contributed by atoms with E-state index < -0.39 is 0 Å². The summed E-state index contributed by atoms with van der Waals surface area (Å²) in [5.74, 6) is 2.69. The lowest BCUT2D eigenvalue weighted by molar-refractivity contribution is 0.0174. The molecule has 0 radical (unpaired) electrons. The van der Waals surface area contributed by atoms with Crippen LogP contribution in [0.1, 0.15) is 38.5 Å². The third-order valence-corrected chi connectivity index (χ3v) is 4.22. The van der Waals surface area contributed by atoms with E-state index in [1.807, 2.05) is 0 Å². The second-order valence-corrected chi connectivity index (χ2v) is 5.24. The first-order chi connectivity index (χ1) is 5.80. The third kappa shape index (κ3) is 0.772. The molecule has 0 spiro atoms. The van der Waals surface area contributed by atoms with Gasteiger partial charge in [-0.25, -0.2) is 0 Å². The predicted molar refractivity (Wildman–Crippen MR) is 46.0 cm³/mol. The summed E-state index contributed by atoms with van der Waals surface area (Å²) in [5, 5.41) is 9.06. The van der Waals surface area contributed by atoms with Crippen LogP contribution in [0.25, 0.3) is 4.98 Å². The molecule has 2 nitrogen and oxygen atoms in total. The smallest absolute Gasteiger partial charge is 0.0470 e. The van der Waals surface area contributed by atoms with Crippen LogP contribution in [-0.2, 0) is 0 Å². The van der Waals surface area contributed by atoms with Crippen molar-refractivity contribution in [3.05, 3.63) is 4.98 Å². The normalized spacial score (nSPS) is 55.4. The van der Waals surface area contributed by atoms with E-state index in [9.17, 15) is 0 Å². The zero-order valence-electron chi connectivity index (χ0n) is 7.37. The second-order valence-electron chi connectivity index (χ2n) is 5.24. The van der Waals surface area contributed by atoms with Crippen molar-refractivity contribution in [2.24, 2.45) is 17.8 Å². The van der Waals surface area contributed by atoms with Crippen molar-refractivity contribution in [3.63, 3.8) is 0 Å². The maximum Gasteiger partial charge on any atom is 0.323 e. The molecule has 0 aromatic rings. The summed E-state index contributed by atoms with van der Waals surface area (Å²) in [7, 11) is 0. The highest BCUT2D eigenvalue weighted by Gasteiger charge is 2.59. The van der Waals surface area contributed by atoms with Gasteiger partial charge < -0.3 is 0 Å². The van der Waals surface area contributed by atoms with Crippen molar-refractivity contribution in [1.82, 2.24) is 0 Å². The average Bonchev–Trinajstić information content (AvgIpc) is 2.02. The minimum atomic E-state index is 0.0226. The SMILES string of the molecule is N#[N+]C12CC3CC(CC(C3)C1)C2. The fraction of sp³-hybridized carbons (Fsp3) is 1.00. The number of hydrogen-bond acceptors (Lipinski definition) is 1. The van der Waals surface area contributed by atoms with Gasteiger partial charge in [-0.05, 0) is 37.0 Å². The Labute approximate surface area is 73.0 Å². The van der Waals surface area contributed by atoms with Gasteiger partial charge in [0.2, 0.25) is 5.39 Å². The highest BCUT2D eigenvalue weighted by molar-refractivity contribution is 5.11. The standard InChI is InChI=1S/C10H15N2/c11-12-10-4-7-1-8(5-10)3-9(2-7)6-10/h7-9H,1-6H2/q+1. The van der Waals surface area contributed by atoms with E-state index in [-0.39, 0.29) is 5.54 Å². The van der Waals surface area contributed by atoms with E-state index in [2.05, 4.69) is 4.98 Å². The number of hydrogen-bond donors (Lipinski definition) is 0. The van der Waals surface area contributed by atoms with Gasteiger partial charge in [0.25, 0.3) is 0 Å². The summed E-state index contributed by atoms with van der Waals surface area (Å²) < 4.78 is 0. The van der Waals surface area contributed by atoms with Gasteiger partial charge in [0.1, 0.15) is 4.98 Å². The Bertz CT molecular complexity index is 216. The average molecular weight is 163 g/mol. The second kappa shape index (κ2) is 2.02. The van der Waals surface area contributed by atoms with Crippen LogP contribution in [0.3, 0.4) is 0 Å². The summed E-state index contributed by atoms with van der Waals surface area (Å²) in [6.45, 7) is 0.